The maximum absolute atomic E-state index is 11.8. The standard InChI is InChI=1S/C16H21N3O2/c1-3-18-8-4-6-12(10-18)14-11-19-9-5-7-13(15(19)17-14)16(20)21-2/h5,7,9,11-12H,3-4,6,8,10H2,1-2H3. The van der Waals surface area contributed by atoms with Crippen molar-refractivity contribution in [3.8, 4) is 0 Å². The molecule has 2 aromatic rings. The van der Waals surface area contributed by atoms with Crippen molar-refractivity contribution in [1.29, 1.82) is 0 Å². The Hall–Kier alpha value is -1.88. The second-order valence-electron chi connectivity index (χ2n) is 5.54. The highest BCUT2D eigenvalue weighted by atomic mass is 16.5. The van der Waals surface area contributed by atoms with Crippen LogP contribution < -0.4 is 0 Å². The van der Waals surface area contributed by atoms with Crippen molar-refractivity contribution >= 4 is 11.6 Å². The van der Waals surface area contributed by atoms with E-state index in [9.17, 15) is 4.79 Å². The summed E-state index contributed by atoms with van der Waals surface area (Å²) < 4.78 is 6.76. The number of nitrogens with zero attached hydrogens (tertiary/aromatic N) is 3. The number of likely N-dealkylation sites (N-methyl/N-ethyl adjacent to an activating group) is 1. The number of carbonyl (C=O) groups excluding carboxylic acids is 1. The van der Waals surface area contributed by atoms with Crippen molar-refractivity contribution in [2.45, 2.75) is 25.7 Å². The van der Waals surface area contributed by atoms with Crippen LogP contribution in [0.15, 0.2) is 24.5 Å². The molecule has 0 bridgehead atoms. The molecular formula is C16H21N3O2. The van der Waals surface area contributed by atoms with Crippen LogP contribution in [-0.4, -0.2) is 47.0 Å². The van der Waals surface area contributed by atoms with Crippen molar-refractivity contribution in [3.63, 3.8) is 0 Å². The number of rotatable bonds is 3. The number of pyridine rings is 1. The molecule has 0 spiro atoms. The van der Waals surface area contributed by atoms with Crippen molar-refractivity contribution in [1.82, 2.24) is 14.3 Å². The van der Waals surface area contributed by atoms with Crippen LogP contribution in [0, 0.1) is 0 Å². The van der Waals surface area contributed by atoms with E-state index in [1.54, 1.807) is 6.07 Å². The Bertz CT molecular complexity index is 650. The lowest BCUT2D eigenvalue weighted by molar-refractivity contribution is 0.0602. The van der Waals surface area contributed by atoms with Gasteiger partial charge in [0.25, 0.3) is 0 Å². The number of likely N-dealkylation sites (tertiary alicyclic amines) is 1. The molecule has 0 radical (unpaired) electrons. The largest absolute Gasteiger partial charge is 0.465 e. The van der Waals surface area contributed by atoms with Crippen molar-refractivity contribution < 1.29 is 9.53 Å². The van der Waals surface area contributed by atoms with Gasteiger partial charge in [0.1, 0.15) is 5.56 Å². The molecule has 0 N–H and O–H groups in total. The van der Waals surface area contributed by atoms with Gasteiger partial charge in [0.15, 0.2) is 5.65 Å². The number of fused-ring (bicyclic) bond motifs is 1. The normalized spacial score (nSPS) is 19.8. The van der Waals surface area contributed by atoms with Gasteiger partial charge in [0.05, 0.1) is 12.8 Å². The van der Waals surface area contributed by atoms with Gasteiger partial charge in [-0.3, -0.25) is 0 Å². The summed E-state index contributed by atoms with van der Waals surface area (Å²) in [5, 5.41) is 0. The van der Waals surface area contributed by atoms with Crippen LogP contribution in [0.4, 0.5) is 0 Å². The summed E-state index contributed by atoms with van der Waals surface area (Å²) in [7, 11) is 1.40. The average molecular weight is 287 g/mol. The summed E-state index contributed by atoms with van der Waals surface area (Å²) >= 11 is 0. The highest BCUT2D eigenvalue weighted by Gasteiger charge is 2.23. The third-order valence-electron chi connectivity index (χ3n) is 4.28. The zero-order valence-corrected chi connectivity index (χ0v) is 12.6. The number of imidazole rings is 1. The van der Waals surface area contributed by atoms with E-state index < -0.39 is 0 Å². The predicted octanol–water partition coefficient (Wildman–Crippen LogP) is 2.32. The molecule has 0 aromatic carbocycles. The third kappa shape index (κ3) is 2.65. The van der Waals surface area contributed by atoms with Crippen LogP contribution in [0.2, 0.25) is 0 Å². The lowest BCUT2D eigenvalue weighted by Gasteiger charge is -2.30. The molecule has 0 aliphatic carbocycles. The highest BCUT2D eigenvalue weighted by Crippen LogP contribution is 2.27. The molecule has 1 aliphatic heterocycles. The van der Waals surface area contributed by atoms with E-state index >= 15 is 0 Å². The fourth-order valence-electron chi connectivity index (χ4n) is 3.08. The van der Waals surface area contributed by atoms with Crippen LogP contribution in [-0.2, 0) is 4.74 Å². The quantitative estimate of drug-likeness (QED) is 0.813. The molecule has 1 fully saturated rings. The minimum Gasteiger partial charge on any atom is -0.465 e. The molecule has 3 rings (SSSR count). The Morgan fingerprint density at radius 1 is 1.52 bits per heavy atom. The highest BCUT2D eigenvalue weighted by molar-refractivity contribution is 5.95. The summed E-state index contributed by atoms with van der Waals surface area (Å²) in [5.74, 6) is 0.112. The van der Waals surface area contributed by atoms with Crippen LogP contribution in [0.25, 0.3) is 5.65 Å². The molecule has 5 nitrogen and oxygen atoms in total. The minimum absolute atomic E-state index is 0.337. The van der Waals surface area contributed by atoms with Crippen molar-refractivity contribution in [2.75, 3.05) is 26.7 Å². The summed E-state index contributed by atoms with van der Waals surface area (Å²) in [5.41, 5.74) is 2.28. The van der Waals surface area contributed by atoms with Crippen LogP contribution in [0.5, 0.6) is 0 Å². The molecule has 5 heteroatoms. The molecule has 2 aromatic heterocycles. The van der Waals surface area contributed by atoms with Crippen LogP contribution in [0.3, 0.4) is 0 Å². The molecule has 1 saturated heterocycles. The maximum atomic E-state index is 11.8. The average Bonchev–Trinajstić information content (AvgIpc) is 2.98. The fourth-order valence-corrected chi connectivity index (χ4v) is 3.08. The van der Waals surface area contributed by atoms with E-state index in [1.807, 2.05) is 22.9 Å². The Morgan fingerprint density at radius 3 is 3.14 bits per heavy atom. The van der Waals surface area contributed by atoms with Crippen molar-refractivity contribution in [3.05, 3.63) is 35.8 Å². The first kappa shape index (κ1) is 14.1. The maximum Gasteiger partial charge on any atom is 0.341 e. The van der Waals surface area contributed by atoms with E-state index in [1.165, 1.54) is 20.1 Å². The number of methoxy groups -OCH3 is 1. The zero-order chi connectivity index (χ0) is 14.8. The number of piperidine rings is 1. The molecule has 1 aliphatic rings. The summed E-state index contributed by atoms with van der Waals surface area (Å²) in [6.45, 7) is 5.50. The summed E-state index contributed by atoms with van der Waals surface area (Å²) in [6, 6.07) is 3.61. The van der Waals surface area contributed by atoms with E-state index in [0.29, 0.717) is 17.1 Å². The Balaban J connectivity index is 1.95. The van der Waals surface area contributed by atoms with Gasteiger partial charge in [0, 0.05) is 24.9 Å². The Morgan fingerprint density at radius 2 is 2.38 bits per heavy atom. The monoisotopic (exact) mass is 287 g/mol. The number of esters is 1. The first-order valence-electron chi connectivity index (χ1n) is 7.51. The number of hydrogen-bond acceptors (Lipinski definition) is 4. The van der Waals surface area contributed by atoms with E-state index in [-0.39, 0.29) is 5.97 Å². The second kappa shape index (κ2) is 5.85. The van der Waals surface area contributed by atoms with Crippen LogP contribution >= 0.6 is 0 Å². The molecule has 112 valence electrons. The van der Waals surface area contributed by atoms with Gasteiger partial charge >= 0.3 is 5.97 Å². The predicted molar refractivity (Wildman–Crippen MR) is 80.6 cm³/mol. The van der Waals surface area contributed by atoms with E-state index in [4.69, 9.17) is 9.72 Å². The van der Waals surface area contributed by atoms with Gasteiger partial charge in [-0.05, 0) is 38.1 Å². The van der Waals surface area contributed by atoms with Crippen LogP contribution in [0.1, 0.15) is 41.7 Å². The Labute approximate surface area is 124 Å². The number of hydrogen-bond donors (Lipinski definition) is 0. The lowest BCUT2D eigenvalue weighted by Crippen LogP contribution is -2.34. The summed E-state index contributed by atoms with van der Waals surface area (Å²) in [4.78, 5) is 19.0. The first-order chi connectivity index (χ1) is 10.2. The van der Waals surface area contributed by atoms with Gasteiger partial charge in [-0.2, -0.15) is 0 Å². The number of carbonyl (C=O) groups is 1. The minimum atomic E-state index is -0.337. The Kier molecular flexibility index (Phi) is 3.92. The SMILES string of the molecule is CCN1CCCC(c2cn3cccc(C(=O)OC)c3n2)C1. The zero-order valence-electron chi connectivity index (χ0n) is 12.6. The fraction of sp³-hybridized carbons (Fsp3) is 0.500. The topological polar surface area (TPSA) is 46.8 Å². The molecule has 21 heavy (non-hydrogen) atoms. The molecular weight excluding hydrogens is 266 g/mol. The summed E-state index contributed by atoms with van der Waals surface area (Å²) in [6.07, 6.45) is 6.34. The van der Waals surface area contributed by atoms with Gasteiger partial charge < -0.3 is 14.0 Å². The lowest BCUT2D eigenvalue weighted by atomic mass is 9.95. The van der Waals surface area contributed by atoms with Gasteiger partial charge in [0.2, 0.25) is 0 Å². The molecule has 0 saturated carbocycles. The molecule has 1 unspecified atom stereocenters. The van der Waals surface area contributed by atoms with Gasteiger partial charge in [-0.1, -0.05) is 6.92 Å². The molecule has 1 atom stereocenters. The number of ether oxygens (including phenoxy) is 1. The molecule has 3 heterocycles. The number of aromatic nitrogens is 2. The third-order valence-corrected chi connectivity index (χ3v) is 4.28. The van der Waals surface area contributed by atoms with E-state index in [0.717, 1.165) is 25.2 Å². The molecule has 0 amide bonds. The van der Waals surface area contributed by atoms with Crippen molar-refractivity contribution in [2.24, 2.45) is 0 Å². The van der Waals surface area contributed by atoms with E-state index in [2.05, 4.69) is 11.8 Å². The second-order valence-corrected chi connectivity index (χ2v) is 5.54. The van der Waals surface area contributed by atoms with Gasteiger partial charge in [-0.15, -0.1) is 0 Å². The first-order valence-corrected chi connectivity index (χ1v) is 7.51. The van der Waals surface area contributed by atoms with Gasteiger partial charge in [-0.25, -0.2) is 9.78 Å². The smallest absolute Gasteiger partial charge is 0.341 e.